The number of ketones is 1. The van der Waals surface area contributed by atoms with Crippen molar-refractivity contribution in [2.45, 2.75) is 13.3 Å². The van der Waals surface area contributed by atoms with Crippen molar-refractivity contribution in [1.82, 2.24) is 0 Å². The fourth-order valence-corrected chi connectivity index (χ4v) is 1.90. The average molecular weight is 252 g/mol. The molecule has 1 saturated carbocycles. The molecule has 1 aromatic rings. The molecule has 2 unspecified atom stereocenters. The summed E-state index contributed by atoms with van der Waals surface area (Å²) in [6.07, 6.45) is 0.336. The minimum atomic E-state index is -0.972. The van der Waals surface area contributed by atoms with Crippen LogP contribution in [0.25, 0.3) is 0 Å². The number of Topliss-reactive ketones (excluding diaryl/α,β-unsaturated/α-hetero) is 1. The van der Waals surface area contributed by atoms with Gasteiger partial charge in [-0.3, -0.25) is 9.59 Å². The van der Waals surface area contributed by atoms with Gasteiger partial charge in [0.25, 0.3) is 0 Å². The lowest BCUT2D eigenvalue weighted by atomic mass is 10.1. The van der Waals surface area contributed by atoms with Crippen LogP contribution < -0.4 is 4.74 Å². The molecule has 1 aliphatic rings. The molecule has 0 amide bonds. The summed E-state index contributed by atoms with van der Waals surface area (Å²) in [7, 11) is 0. The Morgan fingerprint density at radius 3 is 2.67 bits per heavy atom. The fourth-order valence-electron chi connectivity index (χ4n) is 1.90. The lowest BCUT2D eigenvalue weighted by molar-refractivity contribution is -0.138. The second-order valence-corrected chi connectivity index (χ2v) is 4.23. The van der Waals surface area contributed by atoms with E-state index in [-0.39, 0.29) is 17.1 Å². The first-order chi connectivity index (χ1) is 8.54. The number of aliphatic carboxylic acids is 1. The number of ether oxygens (including phenoxy) is 1. The van der Waals surface area contributed by atoms with Crippen LogP contribution >= 0.6 is 0 Å². The van der Waals surface area contributed by atoms with E-state index in [9.17, 15) is 14.0 Å². The molecule has 4 nitrogen and oxygen atoms in total. The molecule has 96 valence electrons. The van der Waals surface area contributed by atoms with Crippen molar-refractivity contribution in [1.29, 1.82) is 0 Å². The van der Waals surface area contributed by atoms with Crippen LogP contribution in [0.1, 0.15) is 23.7 Å². The molecule has 0 spiro atoms. The largest absolute Gasteiger partial charge is 0.491 e. The molecule has 1 aliphatic carbocycles. The quantitative estimate of drug-likeness (QED) is 0.815. The van der Waals surface area contributed by atoms with Gasteiger partial charge in [0.2, 0.25) is 0 Å². The van der Waals surface area contributed by atoms with Crippen molar-refractivity contribution in [2.24, 2.45) is 11.8 Å². The van der Waals surface area contributed by atoms with Gasteiger partial charge >= 0.3 is 5.97 Å². The maximum Gasteiger partial charge on any atom is 0.307 e. The van der Waals surface area contributed by atoms with Crippen LogP contribution in [-0.4, -0.2) is 23.5 Å². The van der Waals surface area contributed by atoms with Gasteiger partial charge in [-0.2, -0.15) is 0 Å². The lowest BCUT2D eigenvalue weighted by Crippen LogP contribution is -2.08. The van der Waals surface area contributed by atoms with Crippen LogP contribution in [0.15, 0.2) is 18.2 Å². The zero-order valence-corrected chi connectivity index (χ0v) is 9.85. The molecule has 1 N–H and O–H groups in total. The Morgan fingerprint density at radius 2 is 2.17 bits per heavy atom. The Labute approximate surface area is 103 Å². The van der Waals surface area contributed by atoms with Crippen LogP contribution in [0.4, 0.5) is 4.39 Å². The maximum atomic E-state index is 13.5. The third-order valence-electron chi connectivity index (χ3n) is 2.96. The fraction of sp³-hybridized carbons (Fsp3) is 0.385. The third-order valence-corrected chi connectivity index (χ3v) is 2.96. The summed E-state index contributed by atoms with van der Waals surface area (Å²) in [5.41, 5.74) is 0.199. The first-order valence-corrected chi connectivity index (χ1v) is 5.74. The molecule has 0 bridgehead atoms. The number of carbonyl (C=O) groups is 2. The molecule has 0 radical (unpaired) electrons. The van der Waals surface area contributed by atoms with Gasteiger partial charge in [0.1, 0.15) is 0 Å². The van der Waals surface area contributed by atoms with Gasteiger partial charge < -0.3 is 9.84 Å². The van der Waals surface area contributed by atoms with Crippen LogP contribution in [0.3, 0.4) is 0 Å². The molecule has 5 heteroatoms. The monoisotopic (exact) mass is 252 g/mol. The molecule has 18 heavy (non-hydrogen) atoms. The highest BCUT2D eigenvalue weighted by Crippen LogP contribution is 2.41. The molecular weight excluding hydrogens is 239 g/mol. The van der Waals surface area contributed by atoms with Crippen LogP contribution in [-0.2, 0) is 4.79 Å². The van der Waals surface area contributed by atoms with Gasteiger partial charge in [0.05, 0.1) is 12.5 Å². The van der Waals surface area contributed by atoms with Crippen molar-refractivity contribution >= 4 is 11.8 Å². The highest BCUT2D eigenvalue weighted by molar-refractivity contribution is 6.02. The van der Waals surface area contributed by atoms with Crippen LogP contribution in [0, 0.1) is 17.7 Å². The Hall–Kier alpha value is -1.91. The summed E-state index contributed by atoms with van der Waals surface area (Å²) >= 11 is 0. The highest BCUT2D eigenvalue weighted by Gasteiger charge is 2.48. The van der Waals surface area contributed by atoms with Crippen molar-refractivity contribution in [3.05, 3.63) is 29.6 Å². The van der Waals surface area contributed by atoms with Crippen molar-refractivity contribution in [3.63, 3.8) is 0 Å². The Balaban J connectivity index is 2.13. The zero-order valence-electron chi connectivity index (χ0n) is 9.85. The second kappa shape index (κ2) is 4.76. The van der Waals surface area contributed by atoms with Crippen molar-refractivity contribution in [2.75, 3.05) is 6.61 Å². The molecule has 2 atom stereocenters. The summed E-state index contributed by atoms with van der Waals surface area (Å²) in [4.78, 5) is 22.5. The summed E-state index contributed by atoms with van der Waals surface area (Å²) < 4.78 is 18.6. The maximum absolute atomic E-state index is 13.5. The van der Waals surface area contributed by atoms with Gasteiger partial charge in [0.15, 0.2) is 17.3 Å². The minimum Gasteiger partial charge on any atom is -0.491 e. The number of rotatable bonds is 5. The molecule has 0 heterocycles. The van der Waals surface area contributed by atoms with Crippen molar-refractivity contribution in [3.8, 4) is 5.75 Å². The van der Waals surface area contributed by atoms with E-state index >= 15 is 0 Å². The minimum absolute atomic E-state index is 0.0969. The summed E-state index contributed by atoms with van der Waals surface area (Å²) in [6.45, 7) is 2.08. The van der Waals surface area contributed by atoms with Gasteiger partial charge in [-0.1, -0.05) is 0 Å². The molecular formula is C13H13FO4. The Kier molecular flexibility index (Phi) is 3.32. The van der Waals surface area contributed by atoms with E-state index in [1.54, 1.807) is 6.92 Å². The standard InChI is InChI=1S/C13H13FO4/c1-2-18-11-4-3-7(5-10(11)14)12(15)8-6-9(8)13(16)17/h3-5,8-9H,2,6H2,1H3,(H,16,17). The number of halogens is 1. The van der Waals surface area contributed by atoms with Gasteiger partial charge in [-0.05, 0) is 31.5 Å². The topological polar surface area (TPSA) is 63.6 Å². The predicted molar refractivity (Wildman–Crippen MR) is 61.1 cm³/mol. The number of carbonyl (C=O) groups excluding carboxylic acids is 1. The Morgan fingerprint density at radius 1 is 1.44 bits per heavy atom. The predicted octanol–water partition coefficient (Wildman–Crippen LogP) is 2.13. The molecule has 2 rings (SSSR count). The number of hydrogen-bond acceptors (Lipinski definition) is 3. The van der Waals surface area contributed by atoms with Gasteiger partial charge in [0, 0.05) is 11.5 Å². The molecule has 0 aliphatic heterocycles. The molecule has 0 aromatic heterocycles. The third kappa shape index (κ3) is 2.34. The van der Waals surface area contributed by atoms with E-state index in [1.165, 1.54) is 12.1 Å². The summed E-state index contributed by atoms with van der Waals surface area (Å²) in [6, 6.07) is 3.96. The lowest BCUT2D eigenvalue weighted by Gasteiger charge is -2.06. The number of benzene rings is 1. The highest BCUT2D eigenvalue weighted by atomic mass is 19.1. The van der Waals surface area contributed by atoms with E-state index in [1.807, 2.05) is 0 Å². The van der Waals surface area contributed by atoms with E-state index in [4.69, 9.17) is 9.84 Å². The zero-order chi connectivity index (χ0) is 13.3. The second-order valence-electron chi connectivity index (χ2n) is 4.23. The van der Waals surface area contributed by atoms with E-state index < -0.39 is 23.6 Å². The normalized spacial score (nSPS) is 21.4. The summed E-state index contributed by atoms with van der Waals surface area (Å²) in [5.74, 6) is -2.93. The number of hydrogen-bond donors (Lipinski definition) is 1. The van der Waals surface area contributed by atoms with Gasteiger partial charge in [-0.25, -0.2) is 4.39 Å². The van der Waals surface area contributed by atoms with E-state index in [0.29, 0.717) is 13.0 Å². The van der Waals surface area contributed by atoms with Crippen molar-refractivity contribution < 1.29 is 23.8 Å². The first-order valence-electron chi connectivity index (χ1n) is 5.74. The van der Waals surface area contributed by atoms with Crippen LogP contribution in [0.5, 0.6) is 5.75 Å². The van der Waals surface area contributed by atoms with E-state index in [0.717, 1.165) is 6.07 Å². The van der Waals surface area contributed by atoms with Crippen LogP contribution in [0.2, 0.25) is 0 Å². The molecule has 1 aromatic carbocycles. The summed E-state index contributed by atoms with van der Waals surface area (Å²) in [5, 5.41) is 8.74. The number of carboxylic acid groups (broad SMARTS) is 1. The number of carboxylic acids is 1. The Bertz CT molecular complexity index is 498. The molecule has 0 saturated heterocycles. The average Bonchev–Trinajstić information content (AvgIpc) is 3.11. The SMILES string of the molecule is CCOc1ccc(C(=O)C2CC2C(=O)O)cc1F. The first kappa shape index (κ1) is 12.5. The van der Waals surface area contributed by atoms with Gasteiger partial charge in [-0.15, -0.1) is 0 Å². The smallest absolute Gasteiger partial charge is 0.307 e. The molecule has 1 fully saturated rings. The van der Waals surface area contributed by atoms with E-state index in [2.05, 4.69) is 0 Å².